The van der Waals surface area contributed by atoms with Crippen molar-refractivity contribution < 1.29 is 18.3 Å². The third-order valence-corrected chi connectivity index (χ3v) is 3.19. The molecule has 4 nitrogen and oxygen atoms in total. The van der Waals surface area contributed by atoms with Crippen LogP contribution in [0.1, 0.15) is 12.8 Å². The van der Waals surface area contributed by atoms with Gasteiger partial charge >= 0.3 is 0 Å². The molecule has 0 aromatic heterocycles. The Morgan fingerprint density at radius 2 is 2.00 bits per heavy atom. The highest BCUT2D eigenvalue weighted by Gasteiger charge is 2.26. The third kappa shape index (κ3) is 6.99. The Kier molecular flexibility index (Phi) is 7.14. The first-order chi connectivity index (χ1) is 9.43. The molecule has 0 aliphatic heterocycles. The van der Waals surface area contributed by atoms with E-state index in [-0.39, 0.29) is 6.42 Å². The lowest BCUT2D eigenvalue weighted by atomic mass is 10.3. The van der Waals surface area contributed by atoms with Crippen molar-refractivity contribution >= 4 is 28.5 Å². The molecule has 3 N–H and O–H groups in total. The Morgan fingerprint density at radius 3 is 2.60 bits per heavy atom. The van der Waals surface area contributed by atoms with Crippen molar-refractivity contribution in [1.82, 2.24) is 5.32 Å². The summed E-state index contributed by atoms with van der Waals surface area (Å²) in [6, 6.07) is 7.50. The molecule has 0 aliphatic carbocycles. The topological polar surface area (TPSA) is 64.3 Å². The van der Waals surface area contributed by atoms with E-state index < -0.39 is 24.9 Å². The minimum atomic E-state index is -3.05. The number of nitrogens with one attached hydrogen (secondary N) is 1. The zero-order valence-electron chi connectivity index (χ0n) is 10.9. The molecule has 1 aromatic carbocycles. The highest BCUT2D eigenvalue weighted by Crippen LogP contribution is 2.13. The Labute approximate surface area is 130 Å². The van der Waals surface area contributed by atoms with Gasteiger partial charge in [0.25, 0.3) is 5.92 Å². The summed E-state index contributed by atoms with van der Waals surface area (Å²) < 4.78 is 32.1. The molecule has 1 rings (SSSR count). The number of amides is 1. The standard InChI is InChI=1S/C13H17F2IN2O2/c14-13(15,8-17)9-18-12(19)2-1-7-20-11-5-3-10(16)4-6-11/h3-6H,1-2,7-9,17H2,(H,18,19). The highest BCUT2D eigenvalue weighted by molar-refractivity contribution is 14.1. The first-order valence-electron chi connectivity index (χ1n) is 6.16. The van der Waals surface area contributed by atoms with E-state index in [0.29, 0.717) is 13.0 Å². The molecule has 0 spiro atoms. The van der Waals surface area contributed by atoms with Crippen molar-refractivity contribution in [3.63, 3.8) is 0 Å². The number of hydrogen-bond acceptors (Lipinski definition) is 3. The lowest BCUT2D eigenvalue weighted by molar-refractivity contribution is -0.123. The van der Waals surface area contributed by atoms with Crippen LogP contribution >= 0.6 is 22.6 Å². The molecule has 0 unspecified atom stereocenters. The fraction of sp³-hybridized carbons (Fsp3) is 0.462. The molecule has 20 heavy (non-hydrogen) atoms. The minimum absolute atomic E-state index is 0.144. The van der Waals surface area contributed by atoms with Crippen LogP contribution in [0.15, 0.2) is 24.3 Å². The quantitative estimate of drug-likeness (QED) is 0.521. The van der Waals surface area contributed by atoms with Crippen LogP contribution in [-0.2, 0) is 4.79 Å². The zero-order valence-corrected chi connectivity index (χ0v) is 13.0. The fourth-order valence-corrected chi connectivity index (χ4v) is 1.70. The summed E-state index contributed by atoms with van der Waals surface area (Å²) in [6.45, 7) is -1.13. The molecule has 0 aliphatic rings. The van der Waals surface area contributed by atoms with Crippen molar-refractivity contribution in [2.24, 2.45) is 5.73 Å². The maximum absolute atomic E-state index is 12.8. The molecule has 1 amide bonds. The molecule has 0 saturated heterocycles. The van der Waals surface area contributed by atoms with E-state index in [1.54, 1.807) is 0 Å². The average Bonchev–Trinajstić information content (AvgIpc) is 2.43. The second-order valence-corrected chi connectivity index (χ2v) is 5.49. The van der Waals surface area contributed by atoms with Gasteiger partial charge in [0.15, 0.2) is 0 Å². The van der Waals surface area contributed by atoms with Gasteiger partial charge in [0.2, 0.25) is 5.91 Å². The van der Waals surface area contributed by atoms with Crippen LogP contribution in [0.3, 0.4) is 0 Å². The maximum Gasteiger partial charge on any atom is 0.277 e. The van der Waals surface area contributed by atoms with Gasteiger partial charge in [0.05, 0.1) is 19.7 Å². The van der Waals surface area contributed by atoms with Gasteiger partial charge < -0.3 is 15.8 Å². The Morgan fingerprint density at radius 1 is 1.35 bits per heavy atom. The second kappa shape index (κ2) is 8.35. The maximum atomic E-state index is 12.8. The van der Waals surface area contributed by atoms with Crippen molar-refractivity contribution in [3.05, 3.63) is 27.8 Å². The fourth-order valence-electron chi connectivity index (χ4n) is 1.34. The smallest absolute Gasteiger partial charge is 0.277 e. The zero-order chi connectivity index (χ0) is 15.0. The van der Waals surface area contributed by atoms with E-state index in [1.807, 2.05) is 24.3 Å². The number of carbonyl (C=O) groups excluding carboxylic acids is 1. The summed E-state index contributed by atoms with van der Waals surface area (Å²) in [4.78, 5) is 11.3. The Bertz CT molecular complexity index is 427. The van der Waals surface area contributed by atoms with E-state index >= 15 is 0 Å². The van der Waals surface area contributed by atoms with Crippen molar-refractivity contribution in [1.29, 1.82) is 0 Å². The number of hydrogen-bond donors (Lipinski definition) is 2. The summed E-state index contributed by atoms with van der Waals surface area (Å²) >= 11 is 2.19. The summed E-state index contributed by atoms with van der Waals surface area (Å²) in [6.07, 6.45) is 0.608. The number of alkyl halides is 2. The average molecular weight is 398 g/mol. The number of halogens is 3. The van der Waals surface area contributed by atoms with E-state index in [4.69, 9.17) is 10.5 Å². The molecule has 0 saturated carbocycles. The van der Waals surface area contributed by atoms with Gasteiger partial charge in [-0.25, -0.2) is 8.78 Å². The molecular formula is C13H17F2IN2O2. The molecule has 0 heterocycles. The molecule has 0 radical (unpaired) electrons. The summed E-state index contributed by atoms with van der Waals surface area (Å²) in [7, 11) is 0. The van der Waals surface area contributed by atoms with Gasteiger partial charge in [-0.2, -0.15) is 0 Å². The van der Waals surface area contributed by atoms with Crippen LogP contribution in [0, 0.1) is 3.57 Å². The first-order valence-corrected chi connectivity index (χ1v) is 7.24. The molecule has 7 heteroatoms. The molecule has 1 aromatic rings. The Balaban J connectivity index is 2.14. The number of carbonyl (C=O) groups is 1. The number of ether oxygens (including phenoxy) is 1. The van der Waals surface area contributed by atoms with Gasteiger partial charge in [-0.3, -0.25) is 4.79 Å². The van der Waals surface area contributed by atoms with Gasteiger partial charge in [0.1, 0.15) is 5.75 Å². The van der Waals surface area contributed by atoms with Crippen LogP contribution in [0.5, 0.6) is 5.75 Å². The summed E-state index contributed by atoms with van der Waals surface area (Å²) in [5.41, 5.74) is 4.87. The van der Waals surface area contributed by atoms with Crippen molar-refractivity contribution in [2.75, 3.05) is 19.7 Å². The van der Waals surface area contributed by atoms with E-state index in [0.717, 1.165) is 9.32 Å². The number of rotatable bonds is 8. The first kappa shape index (κ1) is 17.1. The molecule has 0 atom stereocenters. The predicted octanol–water partition coefficient (Wildman–Crippen LogP) is 2.16. The van der Waals surface area contributed by atoms with Crippen LogP contribution in [-0.4, -0.2) is 31.5 Å². The van der Waals surface area contributed by atoms with E-state index in [9.17, 15) is 13.6 Å². The monoisotopic (exact) mass is 398 g/mol. The van der Waals surface area contributed by atoms with Crippen molar-refractivity contribution in [2.45, 2.75) is 18.8 Å². The van der Waals surface area contributed by atoms with Crippen molar-refractivity contribution in [3.8, 4) is 5.75 Å². The highest BCUT2D eigenvalue weighted by atomic mass is 127. The number of benzene rings is 1. The Hall–Kier alpha value is -0.960. The SMILES string of the molecule is NCC(F)(F)CNC(=O)CCCOc1ccc(I)cc1. The summed E-state index contributed by atoms with van der Waals surface area (Å²) in [5.74, 6) is -2.75. The lowest BCUT2D eigenvalue weighted by Gasteiger charge is -2.14. The van der Waals surface area contributed by atoms with Gasteiger partial charge in [0, 0.05) is 9.99 Å². The molecule has 0 bridgehead atoms. The molecular weight excluding hydrogens is 381 g/mol. The predicted molar refractivity (Wildman–Crippen MR) is 80.9 cm³/mol. The normalized spacial score (nSPS) is 11.2. The van der Waals surface area contributed by atoms with E-state index in [2.05, 4.69) is 27.9 Å². The van der Waals surface area contributed by atoms with Gasteiger partial charge in [-0.15, -0.1) is 0 Å². The van der Waals surface area contributed by atoms with Crippen LogP contribution in [0.4, 0.5) is 8.78 Å². The number of nitrogens with two attached hydrogens (primary N) is 1. The van der Waals surface area contributed by atoms with Crippen LogP contribution in [0.25, 0.3) is 0 Å². The molecule has 112 valence electrons. The van der Waals surface area contributed by atoms with E-state index in [1.165, 1.54) is 0 Å². The van der Waals surface area contributed by atoms with Crippen LogP contribution in [0.2, 0.25) is 0 Å². The van der Waals surface area contributed by atoms with Crippen LogP contribution < -0.4 is 15.8 Å². The lowest BCUT2D eigenvalue weighted by Crippen LogP contribution is -2.41. The largest absolute Gasteiger partial charge is 0.494 e. The summed E-state index contributed by atoms with van der Waals surface area (Å²) in [5, 5.41) is 2.15. The molecule has 0 fully saturated rings. The third-order valence-electron chi connectivity index (χ3n) is 2.47. The van der Waals surface area contributed by atoms with Gasteiger partial charge in [-0.1, -0.05) is 0 Å². The second-order valence-electron chi connectivity index (χ2n) is 4.24. The van der Waals surface area contributed by atoms with Gasteiger partial charge in [-0.05, 0) is 53.3 Å². The minimum Gasteiger partial charge on any atom is -0.494 e.